The third-order valence-corrected chi connectivity index (χ3v) is 2.99. The fraction of sp³-hybridized carbons (Fsp3) is 0.357. The number of nitrogens with zero attached hydrogens (tertiary/aromatic N) is 1. The molecule has 0 aliphatic carbocycles. The quantitative estimate of drug-likeness (QED) is 0.799. The highest BCUT2D eigenvalue weighted by Crippen LogP contribution is 2.13. The highest BCUT2D eigenvalue weighted by molar-refractivity contribution is 5.94. The molecule has 20 heavy (non-hydrogen) atoms. The zero-order valence-electron chi connectivity index (χ0n) is 11.2. The van der Waals surface area contributed by atoms with Crippen molar-refractivity contribution in [3.63, 3.8) is 0 Å². The standard InChI is InChI=1S/C14H16N2O4/c1-10(17)11-3-2-4-12(7-11)20-9-14(19)16-6-5-15-13(18)8-16/h2-4,7H,5-6,8-9H2,1H3,(H,15,18). The molecule has 0 spiro atoms. The van der Waals surface area contributed by atoms with E-state index in [1.165, 1.54) is 11.8 Å². The molecule has 1 saturated heterocycles. The molecule has 1 N–H and O–H groups in total. The number of carbonyl (C=O) groups is 3. The molecule has 0 aromatic heterocycles. The van der Waals surface area contributed by atoms with Crippen molar-refractivity contribution in [1.29, 1.82) is 0 Å². The minimum atomic E-state index is -0.243. The number of benzene rings is 1. The summed E-state index contributed by atoms with van der Waals surface area (Å²) in [4.78, 5) is 35.8. The first-order chi connectivity index (χ1) is 9.56. The van der Waals surface area contributed by atoms with E-state index in [4.69, 9.17) is 4.74 Å². The van der Waals surface area contributed by atoms with Crippen molar-refractivity contribution in [2.45, 2.75) is 6.92 Å². The Morgan fingerprint density at radius 2 is 2.20 bits per heavy atom. The van der Waals surface area contributed by atoms with E-state index in [0.29, 0.717) is 24.4 Å². The second kappa shape index (κ2) is 6.18. The van der Waals surface area contributed by atoms with E-state index < -0.39 is 0 Å². The lowest BCUT2D eigenvalue weighted by molar-refractivity contribution is -0.139. The second-order valence-corrected chi connectivity index (χ2v) is 4.54. The smallest absolute Gasteiger partial charge is 0.261 e. The van der Waals surface area contributed by atoms with Crippen LogP contribution in [0.4, 0.5) is 0 Å². The Labute approximate surface area is 116 Å². The van der Waals surface area contributed by atoms with Gasteiger partial charge in [-0.15, -0.1) is 0 Å². The molecule has 1 aromatic carbocycles. The number of amides is 2. The summed E-state index contributed by atoms with van der Waals surface area (Å²) in [5, 5.41) is 2.65. The average molecular weight is 276 g/mol. The van der Waals surface area contributed by atoms with Crippen LogP contribution in [0.25, 0.3) is 0 Å². The molecule has 1 heterocycles. The van der Waals surface area contributed by atoms with Gasteiger partial charge in [0.25, 0.3) is 5.91 Å². The molecule has 1 aliphatic heterocycles. The van der Waals surface area contributed by atoms with Gasteiger partial charge in [0.2, 0.25) is 5.91 Å². The van der Waals surface area contributed by atoms with Gasteiger partial charge in [0.05, 0.1) is 6.54 Å². The summed E-state index contributed by atoms with van der Waals surface area (Å²) < 4.78 is 5.37. The number of carbonyl (C=O) groups excluding carboxylic acids is 3. The van der Waals surface area contributed by atoms with Gasteiger partial charge in [-0.2, -0.15) is 0 Å². The minimum absolute atomic E-state index is 0.0607. The van der Waals surface area contributed by atoms with Crippen molar-refractivity contribution < 1.29 is 19.1 Å². The Balaban J connectivity index is 1.91. The molecule has 6 nitrogen and oxygen atoms in total. The number of rotatable bonds is 4. The van der Waals surface area contributed by atoms with Crippen LogP contribution in [0.2, 0.25) is 0 Å². The summed E-state index contributed by atoms with van der Waals surface area (Å²) in [5.74, 6) is -0.00163. The van der Waals surface area contributed by atoms with Crippen LogP contribution in [-0.4, -0.2) is 48.7 Å². The van der Waals surface area contributed by atoms with E-state index in [1.807, 2.05) is 0 Å². The van der Waals surface area contributed by atoms with Crippen LogP contribution >= 0.6 is 0 Å². The lowest BCUT2D eigenvalue weighted by Gasteiger charge is -2.26. The predicted molar refractivity (Wildman–Crippen MR) is 71.5 cm³/mol. The third kappa shape index (κ3) is 3.57. The van der Waals surface area contributed by atoms with Crippen LogP contribution < -0.4 is 10.1 Å². The van der Waals surface area contributed by atoms with Crippen molar-refractivity contribution in [3.8, 4) is 5.75 Å². The van der Waals surface area contributed by atoms with E-state index >= 15 is 0 Å². The molecule has 0 bridgehead atoms. The van der Waals surface area contributed by atoms with Crippen LogP contribution in [-0.2, 0) is 9.59 Å². The number of hydrogen-bond donors (Lipinski definition) is 1. The van der Waals surface area contributed by atoms with Crippen LogP contribution in [0.15, 0.2) is 24.3 Å². The van der Waals surface area contributed by atoms with E-state index in [1.54, 1.807) is 24.3 Å². The molecule has 1 aliphatic rings. The van der Waals surface area contributed by atoms with E-state index in [0.717, 1.165) is 0 Å². The molecule has 2 amide bonds. The lowest BCUT2D eigenvalue weighted by atomic mass is 10.1. The van der Waals surface area contributed by atoms with Gasteiger partial charge in [-0.3, -0.25) is 14.4 Å². The molecule has 0 radical (unpaired) electrons. The normalized spacial score (nSPS) is 14.7. The summed E-state index contributed by atoms with van der Waals surface area (Å²) in [7, 11) is 0. The second-order valence-electron chi connectivity index (χ2n) is 4.54. The van der Waals surface area contributed by atoms with Gasteiger partial charge in [-0.05, 0) is 19.1 Å². The molecule has 1 fully saturated rings. The van der Waals surface area contributed by atoms with Gasteiger partial charge in [0.15, 0.2) is 12.4 Å². The van der Waals surface area contributed by atoms with E-state index in [9.17, 15) is 14.4 Å². The fourth-order valence-electron chi connectivity index (χ4n) is 1.89. The SMILES string of the molecule is CC(=O)c1cccc(OCC(=O)N2CCNC(=O)C2)c1. The van der Waals surface area contributed by atoms with E-state index in [2.05, 4.69) is 5.32 Å². The number of nitrogens with one attached hydrogen (secondary N) is 1. The average Bonchev–Trinajstić information content (AvgIpc) is 2.45. The molecule has 2 rings (SSSR count). The van der Waals surface area contributed by atoms with Gasteiger partial charge < -0.3 is 15.0 Å². The zero-order chi connectivity index (χ0) is 14.5. The molecule has 6 heteroatoms. The number of hydrogen-bond acceptors (Lipinski definition) is 4. The summed E-state index contributed by atoms with van der Waals surface area (Å²) in [6.45, 7) is 2.34. The number of piperazine rings is 1. The summed E-state index contributed by atoms with van der Waals surface area (Å²) in [6, 6.07) is 6.66. The maximum atomic E-state index is 11.9. The van der Waals surface area contributed by atoms with Crippen LogP contribution in [0.5, 0.6) is 5.75 Å². The van der Waals surface area contributed by atoms with Gasteiger partial charge in [0, 0.05) is 18.7 Å². The van der Waals surface area contributed by atoms with Gasteiger partial charge >= 0.3 is 0 Å². The van der Waals surface area contributed by atoms with E-state index in [-0.39, 0.29) is 30.7 Å². The molecular formula is C14H16N2O4. The largest absolute Gasteiger partial charge is 0.484 e. The lowest BCUT2D eigenvalue weighted by Crippen LogP contribution is -2.51. The first kappa shape index (κ1) is 14.0. The van der Waals surface area contributed by atoms with Gasteiger partial charge in [-0.1, -0.05) is 12.1 Å². The molecule has 0 atom stereocenters. The fourth-order valence-corrected chi connectivity index (χ4v) is 1.89. The topological polar surface area (TPSA) is 75.7 Å². The van der Waals surface area contributed by atoms with Crippen molar-refractivity contribution >= 4 is 17.6 Å². The Morgan fingerprint density at radius 1 is 1.40 bits per heavy atom. The minimum Gasteiger partial charge on any atom is -0.484 e. The monoisotopic (exact) mass is 276 g/mol. The first-order valence-corrected chi connectivity index (χ1v) is 6.34. The van der Waals surface area contributed by atoms with Crippen molar-refractivity contribution in [2.75, 3.05) is 26.2 Å². The van der Waals surface area contributed by atoms with Crippen molar-refractivity contribution in [3.05, 3.63) is 29.8 Å². The molecule has 0 unspecified atom stereocenters. The zero-order valence-corrected chi connectivity index (χ0v) is 11.2. The number of Topliss-reactive ketones (excluding diaryl/α,β-unsaturated/α-hetero) is 1. The number of ether oxygens (including phenoxy) is 1. The highest BCUT2D eigenvalue weighted by atomic mass is 16.5. The van der Waals surface area contributed by atoms with Gasteiger partial charge in [-0.25, -0.2) is 0 Å². The summed E-state index contributed by atoms with van der Waals surface area (Å²) in [6.07, 6.45) is 0. The van der Waals surface area contributed by atoms with Crippen LogP contribution in [0.1, 0.15) is 17.3 Å². The summed E-state index contributed by atoms with van der Waals surface area (Å²) >= 11 is 0. The highest BCUT2D eigenvalue weighted by Gasteiger charge is 2.21. The Morgan fingerprint density at radius 3 is 2.90 bits per heavy atom. The molecular weight excluding hydrogens is 260 g/mol. The van der Waals surface area contributed by atoms with Crippen molar-refractivity contribution in [1.82, 2.24) is 10.2 Å². The first-order valence-electron chi connectivity index (χ1n) is 6.34. The maximum Gasteiger partial charge on any atom is 0.261 e. The number of ketones is 1. The summed E-state index contributed by atoms with van der Waals surface area (Å²) in [5.41, 5.74) is 0.535. The molecule has 1 aromatic rings. The maximum absolute atomic E-state index is 11.9. The van der Waals surface area contributed by atoms with Crippen LogP contribution in [0.3, 0.4) is 0 Å². The molecule has 106 valence electrons. The Kier molecular flexibility index (Phi) is 4.34. The molecule has 0 saturated carbocycles. The predicted octanol–water partition coefficient (Wildman–Crippen LogP) is 0.226. The van der Waals surface area contributed by atoms with Gasteiger partial charge in [0.1, 0.15) is 5.75 Å². The van der Waals surface area contributed by atoms with Crippen LogP contribution in [0, 0.1) is 0 Å². The third-order valence-electron chi connectivity index (χ3n) is 2.99. The Bertz CT molecular complexity index is 542. The van der Waals surface area contributed by atoms with Crippen molar-refractivity contribution in [2.24, 2.45) is 0 Å². The Hall–Kier alpha value is -2.37.